The van der Waals surface area contributed by atoms with Crippen molar-refractivity contribution in [3.05, 3.63) is 65.7 Å². The zero-order chi connectivity index (χ0) is 18.0. The van der Waals surface area contributed by atoms with Crippen molar-refractivity contribution in [2.75, 3.05) is 6.54 Å². The molecule has 2 aromatic carbocycles. The maximum absolute atomic E-state index is 13.2. The first-order valence-electron chi connectivity index (χ1n) is 9.00. The van der Waals surface area contributed by atoms with Gasteiger partial charge in [0, 0.05) is 12.6 Å². The Morgan fingerprint density at radius 2 is 1.68 bits per heavy atom. The molecular formula is C21H27NO2S. The van der Waals surface area contributed by atoms with E-state index in [9.17, 15) is 8.42 Å². The van der Waals surface area contributed by atoms with E-state index < -0.39 is 10.0 Å². The molecule has 0 spiro atoms. The average Bonchev–Trinajstić information content (AvgIpc) is 3.01. The first-order valence-corrected chi connectivity index (χ1v) is 10.4. The zero-order valence-electron chi connectivity index (χ0n) is 15.2. The fourth-order valence-electron chi connectivity index (χ4n) is 3.62. The molecular weight excluding hydrogens is 330 g/mol. The van der Waals surface area contributed by atoms with Gasteiger partial charge < -0.3 is 0 Å². The van der Waals surface area contributed by atoms with Crippen LogP contribution in [0.3, 0.4) is 0 Å². The van der Waals surface area contributed by atoms with Crippen molar-refractivity contribution in [1.82, 2.24) is 4.31 Å². The second kappa shape index (κ2) is 7.30. The zero-order valence-corrected chi connectivity index (χ0v) is 16.0. The molecule has 2 aromatic rings. The molecule has 0 radical (unpaired) electrons. The van der Waals surface area contributed by atoms with Crippen LogP contribution in [-0.4, -0.2) is 25.3 Å². The molecule has 4 heteroatoms. The lowest BCUT2D eigenvalue weighted by atomic mass is 9.92. The first-order chi connectivity index (χ1) is 11.9. The SMILES string of the molecule is Cc1ccc(S(=O)(=O)N2C[C@H](C(C)C)C[C@@H]2Cc2ccccc2)cc1. The van der Waals surface area contributed by atoms with Gasteiger partial charge in [0.25, 0.3) is 0 Å². The lowest BCUT2D eigenvalue weighted by molar-refractivity contribution is 0.373. The van der Waals surface area contributed by atoms with Crippen LogP contribution in [0.15, 0.2) is 59.5 Å². The smallest absolute Gasteiger partial charge is 0.207 e. The van der Waals surface area contributed by atoms with Gasteiger partial charge in [-0.3, -0.25) is 0 Å². The number of aryl methyl sites for hydroxylation is 1. The molecule has 25 heavy (non-hydrogen) atoms. The molecule has 0 saturated carbocycles. The topological polar surface area (TPSA) is 37.4 Å². The fraction of sp³-hybridized carbons (Fsp3) is 0.429. The van der Waals surface area contributed by atoms with Crippen molar-refractivity contribution in [1.29, 1.82) is 0 Å². The monoisotopic (exact) mass is 357 g/mol. The van der Waals surface area contributed by atoms with E-state index >= 15 is 0 Å². The predicted octanol–water partition coefficient (Wildman–Crippen LogP) is 4.27. The molecule has 3 rings (SSSR count). The Morgan fingerprint density at radius 1 is 1.04 bits per heavy atom. The van der Waals surface area contributed by atoms with Crippen LogP contribution in [0.2, 0.25) is 0 Å². The molecule has 0 aromatic heterocycles. The molecule has 1 aliphatic rings. The number of hydrogen-bond acceptors (Lipinski definition) is 2. The van der Waals surface area contributed by atoms with Gasteiger partial charge in [-0.15, -0.1) is 0 Å². The maximum Gasteiger partial charge on any atom is 0.243 e. The summed E-state index contributed by atoms with van der Waals surface area (Å²) < 4.78 is 28.2. The van der Waals surface area contributed by atoms with Gasteiger partial charge in [-0.2, -0.15) is 4.31 Å². The molecule has 1 saturated heterocycles. The second-order valence-electron chi connectivity index (χ2n) is 7.47. The van der Waals surface area contributed by atoms with E-state index in [0.29, 0.717) is 23.3 Å². The molecule has 0 unspecified atom stereocenters. The van der Waals surface area contributed by atoms with Crippen molar-refractivity contribution in [2.45, 2.75) is 44.6 Å². The minimum absolute atomic E-state index is 0.0288. The Labute approximate surface area is 151 Å². The van der Waals surface area contributed by atoms with Crippen LogP contribution in [0.25, 0.3) is 0 Å². The highest BCUT2D eigenvalue weighted by Crippen LogP contribution is 2.35. The van der Waals surface area contributed by atoms with Gasteiger partial charge in [0.2, 0.25) is 10.0 Å². The third-order valence-corrected chi connectivity index (χ3v) is 7.21. The summed E-state index contributed by atoms with van der Waals surface area (Å²) in [6.45, 7) is 6.96. The number of benzene rings is 2. The summed E-state index contributed by atoms with van der Waals surface area (Å²) in [5, 5.41) is 0. The first kappa shape index (κ1) is 18.2. The van der Waals surface area contributed by atoms with E-state index in [2.05, 4.69) is 26.0 Å². The average molecular weight is 358 g/mol. The summed E-state index contributed by atoms with van der Waals surface area (Å²) in [6.07, 6.45) is 1.70. The molecule has 0 aliphatic carbocycles. The van der Waals surface area contributed by atoms with E-state index in [-0.39, 0.29) is 6.04 Å². The van der Waals surface area contributed by atoms with Gasteiger partial charge in [-0.25, -0.2) is 8.42 Å². The quantitative estimate of drug-likeness (QED) is 0.801. The number of sulfonamides is 1. The molecule has 1 heterocycles. The number of rotatable bonds is 5. The summed E-state index contributed by atoms with van der Waals surface area (Å²) >= 11 is 0. The number of hydrogen-bond donors (Lipinski definition) is 0. The minimum Gasteiger partial charge on any atom is -0.207 e. The van der Waals surface area contributed by atoms with Crippen molar-refractivity contribution < 1.29 is 8.42 Å². The molecule has 2 atom stereocenters. The van der Waals surface area contributed by atoms with Gasteiger partial charge in [-0.05, 0) is 49.3 Å². The van der Waals surface area contributed by atoms with Gasteiger partial charge in [-0.1, -0.05) is 61.9 Å². The number of nitrogens with zero attached hydrogens (tertiary/aromatic N) is 1. The largest absolute Gasteiger partial charge is 0.243 e. The molecule has 1 fully saturated rings. The fourth-order valence-corrected chi connectivity index (χ4v) is 5.31. The molecule has 3 nitrogen and oxygen atoms in total. The Morgan fingerprint density at radius 3 is 2.28 bits per heavy atom. The normalized spacial score (nSPS) is 21.8. The van der Waals surface area contributed by atoms with Crippen LogP contribution < -0.4 is 0 Å². The third kappa shape index (κ3) is 3.96. The summed E-state index contributed by atoms with van der Waals surface area (Å²) in [4.78, 5) is 0.403. The Balaban J connectivity index is 1.91. The standard InChI is InChI=1S/C21H27NO2S/c1-16(2)19-14-20(13-18-7-5-4-6-8-18)22(15-19)25(23,24)21-11-9-17(3)10-12-21/h4-12,16,19-20H,13-15H2,1-3H3/t19-,20+/m1/s1. The van der Waals surface area contributed by atoms with Gasteiger partial charge in [0.15, 0.2) is 0 Å². The highest BCUT2D eigenvalue weighted by Gasteiger charge is 2.40. The van der Waals surface area contributed by atoms with E-state index in [1.54, 1.807) is 16.4 Å². The van der Waals surface area contributed by atoms with E-state index in [1.165, 1.54) is 5.56 Å². The molecule has 1 aliphatic heterocycles. The Hall–Kier alpha value is -1.65. The summed E-state index contributed by atoms with van der Waals surface area (Å²) in [7, 11) is -3.46. The molecule has 0 amide bonds. The second-order valence-corrected chi connectivity index (χ2v) is 9.36. The summed E-state index contributed by atoms with van der Waals surface area (Å²) in [6, 6.07) is 17.4. The van der Waals surface area contributed by atoms with Gasteiger partial charge >= 0.3 is 0 Å². The predicted molar refractivity (Wildman–Crippen MR) is 102 cm³/mol. The van der Waals surface area contributed by atoms with Crippen LogP contribution in [0.1, 0.15) is 31.4 Å². The van der Waals surface area contributed by atoms with Crippen molar-refractivity contribution in [3.63, 3.8) is 0 Å². The van der Waals surface area contributed by atoms with E-state index in [4.69, 9.17) is 0 Å². The van der Waals surface area contributed by atoms with Crippen molar-refractivity contribution in [3.8, 4) is 0 Å². The van der Waals surface area contributed by atoms with Gasteiger partial charge in [0.05, 0.1) is 4.90 Å². The lowest BCUT2D eigenvalue weighted by Crippen LogP contribution is -2.37. The summed E-state index contributed by atoms with van der Waals surface area (Å²) in [5.74, 6) is 0.894. The van der Waals surface area contributed by atoms with E-state index in [1.807, 2.05) is 37.3 Å². The molecule has 0 N–H and O–H groups in total. The minimum atomic E-state index is -3.46. The molecule has 134 valence electrons. The third-order valence-electron chi connectivity index (χ3n) is 5.28. The summed E-state index contributed by atoms with van der Waals surface area (Å²) in [5.41, 5.74) is 2.27. The lowest BCUT2D eigenvalue weighted by Gasteiger charge is -2.24. The Kier molecular flexibility index (Phi) is 5.30. The Bertz CT molecular complexity index is 798. The van der Waals surface area contributed by atoms with Crippen LogP contribution in [0.5, 0.6) is 0 Å². The van der Waals surface area contributed by atoms with Crippen LogP contribution >= 0.6 is 0 Å². The van der Waals surface area contributed by atoms with Crippen LogP contribution in [0, 0.1) is 18.8 Å². The molecule has 0 bridgehead atoms. The highest BCUT2D eigenvalue weighted by atomic mass is 32.2. The highest BCUT2D eigenvalue weighted by molar-refractivity contribution is 7.89. The van der Waals surface area contributed by atoms with Crippen molar-refractivity contribution in [2.24, 2.45) is 11.8 Å². The van der Waals surface area contributed by atoms with Crippen molar-refractivity contribution >= 4 is 10.0 Å². The van der Waals surface area contributed by atoms with Crippen LogP contribution in [0.4, 0.5) is 0 Å². The van der Waals surface area contributed by atoms with Gasteiger partial charge in [0.1, 0.15) is 0 Å². The van der Waals surface area contributed by atoms with Crippen LogP contribution in [-0.2, 0) is 16.4 Å². The maximum atomic E-state index is 13.2. The van der Waals surface area contributed by atoms with E-state index in [0.717, 1.165) is 18.4 Å².